The van der Waals surface area contributed by atoms with Crippen molar-refractivity contribution < 1.29 is 4.43 Å². The molecule has 1 aromatic heterocycles. The van der Waals surface area contributed by atoms with Crippen LogP contribution in [0.15, 0.2) is 57.2 Å². The summed E-state index contributed by atoms with van der Waals surface area (Å²) in [6, 6.07) is 7.37. The SMILES string of the molecule is C/C(=C\C(C)C)[C@H](C)[C@@H]1CC[C@@H]2/C(=C/[C@@H]3[C@@H]4C[C@H](O[Si](C)(C)C(C)(C)C)CC[C@@H]4n4c(=O)c5ccccc5c(=O)n43)CCC[C@@]21C. The average Bonchev–Trinajstić information content (AvgIpc) is 3.49. The van der Waals surface area contributed by atoms with Crippen LogP contribution in [-0.2, 0) is 4.43 Å². The lowest BCUT2D eigenvalue weighted by Crippen LogP contribution is -2.46. The molecule has 0 saturated heterocycles. The van der Waals surface area contributed by atoms with Crippen LogP contribution in [0.1, 0.15) is 119 Å². The van der Waals surface area contributed by atoms with Crippen molar-refractivity contribution in [3.8, 4) is 0 Å². The van der Waals surface area contributed by atoms with E-state index in [-0.39, 0.29) is 45.7 Å². The molecule has 1 aliphatic heterocycles. The highest BCUT2D eigenvalue weighted by Gasteiger charge is 2.53. The van der Waals surface area contributed by atoms with Gasteiger partial charge in [-0.25, -0.2) is 9.36 Å². The number of hydrogen-bond acceptors (Lipinski definition) is 3. The largest absolute Gasteiger partial charge is 0.414 e. The maximum Gasteiger partial charge on any atom is 0.273 e. The van der Waals surface area contributed by atoms with Crippen molar-refractivity contribution >= 4 is 19.1 Å². The van der Waals surface area contributed by atoms with Crippen molar-refractivity contribution in [1.29, 1.82) is 0 Å². The van der Waals surface area contributed by atoms with Gasteiger partial charge in [-0.15, -0.1) is 0 Å². The fraction of sp³-hybridized carbons (Fsp3) is 0.700. The Morgan fingerprint density at radius 1 is 1.00 bits per heavy atom. The molecule has 0 bridgehead atoms. The Balaban J connectivity index is 1.42. The molecule has 8 atom stereocenters. The second kappa shape index (κ2) is 12.1. The number of benzene rings is 1. The Morgan fingerprint density at radius 3 is 2.28 bits per heavy atom. The van der Waals surface area contributed by atoms with E-state index >= 15 is 0 Å². The van der Waals surface area contributed by atoms with Gasteiger partial charge in [-0.05, 0) is 118 Å². The monoisotopic (exact) mass is 644 g/mol. The molecule has 0 unspecified atom stereocenters. The molecule has 3 saturated carbocycles. The summed E-state index contributed by atoms with van der Waals surface area (Å²) < 4.78 is 10.8. The second-order valence-corrected chi connectivity index (χ2v) is 22.4. The first-order chi connectivity index (χ1) is 21.5. The van der Waals surface area contributed by atoms with Gasteiger partial charge in [-0.1, -0.05) is 83.9 Å². The van der Waals surface area contributed by atoms with E-state index in [1.165, 1.54) is 25.7 Å². The molecule has 0 spiro atoms. The lowest BCUT2D eigenvalue weighted by Gasteiger charge is -2.45. The zero-order chi connectivity index (χ0) is 33.3. The van der Waals surface area contributed by atoms with Crippen LogP contribution in [0.25, 0.3) is 10.8 Å². The molecule has 0 N–H and O–H groups in total. The molecule has 2 aromatic rings. The predicted octanol–water partition coefficient (Wildman–Crippen LogP) is 9.83. The Kier molecular flexibility index (Phi) is 8.83. The lowest BCUT2D eigenvalue weighted by atomic mass is 9.60. The van der Waals surface area contributed by atoms with Crippen molar-refractivity contribution in [3.63, 3.8) is 0 Å². The van der Waals surface area contributed by atoms with E-state index in [1.807, 2.05) is 33.6 Å². The molecular weight excluding hydrogens is 585 g/mol. The van der Waals surface area contributed by atoms with Gasteiger partial charge in [0.1, 0.15) is 0 Å². The van der Waals surface area contributed by atoms with Crippen molar-refractivity contribution in [2.75, 3.05) is 0 Å². The van der Waals surface area contributed by atoms with Gasteiger partial charge in [-0.3, -0.25) is 9.59 Å². The van der Waals surface area contributed by atoms with Gasteiger partial charge in [0.2, 0.25) is 0 Å². The summed E-state index contributed by atoms with van der Waals surface area (Å²) in [5.41, 5.74) is 3.33. The maximum absolute atomic E-state index is 14.3. The van der Waals surface area contributed by atoms with E-state index in [0.29, 0.717) is 34.4 Å². The van der Waals surface area contributed by atoms with Crippen LogP contribution >= 0.6 is 0 Å². The maximum atomic E-state index is 14.3. The summed E-state index contributed by atoms with van der Waals surface area (Å²) >= 11 is 0. The van der Waals surface area contributed by atoms with Gasteiger partial charge in [0.15, 0.2) is 8.32 Å². The Hall–Kier alpha value is -2.18. The van der Waals surface area contributed by atoms with E-state index in [9.17, 15) is 9.59 Å². The number of allylic oxidation sites excluding steroid dienone is 4. The first kappa shape index (κ1) is 33.7. The molecule has 6 heteroatoms. The van der Waals surface area contributed by atoms with Gasteiger partial charge >= 0.3 is 0 Å². The molecule has 4 aliphatic rings. The predicted molar refractivity (Wildman–Crippen MR) is 194 cm³/mol. The topological polar surface area (TPSA) is 53.2 Å². The first-order valence-corrected chi connectivity index (χ1v) is 21.3. The van der Waals surface area contributed by atoms with Gasteiger partial charge < -0.3 is 4.43 Å². The van der Waals surface area contributed by atoms with Crippen LogP contribution in [0.2, 0.25) is 18.1 Å². The van der Waals surface area contributed by atoms with Crippen molar-refractivity contribution in [2.24, 2.45) is 35.0 Å². The van der Waals surface area contributed by atoms with Gasteiger partial charge in [0.05, 0.1) is 22.9 Å². The van der Waals surface area contributed by atoms with Crippen LogP contribution in [0.3, 0.4) is 0 Å². The molecule has 0 radical (unpaired) electrons. The molecule has 46 heavy (non-hydrogen) atoms. The normalized spacial score (nSPS) is 33.4. The quantitative estimate of drug-likeness (QED) is 0.232. The highest BCUT2D eigenvalue weighted by molar-refractivity contribution is 6.74. The summed E-state index contributed by atoms with van der Waals surface area (Å²) in [5, 5.41) is 1.25. The van der Waals surface area contributed by atoms with Gasteiger partial charge in [0, 0.05) is 12.0 Å². The third-order valence-electron chi connectivity index (χ3n) is 13.5. The summed E-state index contributed by atoms with van der Waals surface area (Å²) in [6.45, 7) is 23.6. The standard InChI is InChI=1S/C40H60N2O3Si/c1-25(2)22-26(3)27(4)33-18-19-34-28(14-13-21-40(33,34)8)23-36-32-24-29(45-46(9,10)39(5,6)7)17-20-35(32)41-37(43)30-15-11-12-16-31(30)38(44)42(36)41/h11-12,15-16,22-23,25,27,29,32-36H,13-14,17-21,24H2,1-10H3/b26-22+,28-23+/t27-,29+,32+,33-,34+,35-,36+,40+/m0/s1. The van der Waals surface area contributed by atoms with Crippen LogP contribution in [-0.4, -0.2) is 23.8 Å². The first-order valence-electron chi connectivity index (χ1n) is 18.4. The zero-order valence-electron chi connectivity index (χ0n) is 30.4. The highest BCUT2D eigenvalue weighted by Crippen LogP contribution is 2.61. The van der Waals surface area contributed by atoms with Crippen molar-refractivity contribution in [3.05, 3.63) is 68.3 Å². The fourth-order valence-electron chi connectivity index (χ4n) is 10.1. The molecule has 2 heterocycles. The fourth-order valence-corrected chi connectivity index (χ4v) is 11.5. The number of rotatable bonds is 6. The van der Waals surface area contributed by atoms with Crippen LogP contribution in [0.4, 0.5) is 0 Å². The Labute approximate surface area is 278 Å². The molecule has 6 rings (SSSR count). The van der Waals surface area contributed by atoms with Crippen LogP contribution in [0, 0.1) is 35.0 Å². The Morgan fingerprint density at radius 2 is 1.65 bits per heavy atom. The summed E-state index contributed by atoms with van der Waals surface area (Å²) in [6.07, 6.45) is 13.9. The molecule has 5 nitrogen and oxygen atoms in total. The summed E-state index contributed by atoms with van der Waals surface area (Å²) in [4.78, 5) is 28.5. The summed E-state index contributed by atoms with van der Waals surface area (Å²) in [5.74, 6) is 2.54. The zero-order valence-corrected chi connectivity index (χ0v) is 31.4. The molecular formula is C40H60N2O3Si. The molecule has 252 valence electrons. The second-order valence-electron chi connectivity index (χ2n) is 17.7. The molecule has 3 aliphatic carbocycles. The van der Waals surface area contributed by atoms with Crippen molar-refractivity contribution in [2.45, 2.75) is 143 Å². The molecule has 0 amide bonds. The minimum absolute atomic E-state index is 0.00878. The third-order valence-corrected chi connectivity index (χ3v) is 18.0. The van der Waals surface area contributed by atoms with Gasteiger partial charge in [0.25, 0.3) is 11.1 Å². The number of hydrogen-bond donors (Lipinski definition) is 0. The minimum atomic E-state index is -1.96. The lowest BCUT2D eigenvalue weighted by molar-refractivity contribution is 0.0850. The average molecular weight is 645 g/mol. The smallest absolute Gasteiger partial charge is 0.273 e. The van der Waals surface area contributed by atoms with E-state index in [2.05, 4.69) is 80.6 Å². The Bertz CT molecular complexity index is 1650. The third kappa shape index (κ3) is 5.57. The van der Waals surface area contributed by atoms with Crippen LogP contribution < -0.4 is 11.1 Å². The summed E-state index contributed by atoms with van der Waals surface area (Å²) in [7, 11) is -1.96. The van der Waals surface area contributed by atoms with Crippen LogP contribution in [0.5, 0.6) is 0 Å². The van der Waals surface area contributed by atoms with Gasteiger partial charge in [-0.2, -0.15) is 0 Å². The van der Waals surface area contributed by atoms with Crippen molar-refractivity contribution in [1.82, 2.24) is 9.36 Å². The number of nitrogens with zero attached hydrogens (tertiary/aromatic N) is 2. The molecule has 1 aromatic carbocycles. The highest BCUT2D eigenvalue weighted by atomic mass is 28.4. The minimum Gasteiger partial charge on any atom is -0.414 e. The molecule has 3 fully saturated rings. The number of aromatic nitrogens is 2. The van der Waals surface area contributed by atoms with E-state index in [4.69, 9.17) is 4.43 Å². The van der Waals surface area contributed by atoms with E-state index < -0.39 is 8.32 Å². The van der Waals surface area contributed by atoms with E-state index in [0.717, 1.165) is 25.7 Å². The number of fused-ring (bicyclic) bond motifs is 5. The van der Waals surface area contributed by atoms with E-state index in [1.54, 1.807) is 11.1 Å².